The van der Waals surface area contributed by atoms with Crippen molar-refractivity contribution in [2.24, 2.45) is 5.92 Å². The molecule has 0 spiro atoms. The minimum Gasteiger partial charge on any atom is -0.481 e. The van der Waals surface area contributed by atoms with Crippen LogP contribution in [-0.2, 0) is 22.5 Å². The van der Waals surface area contributed by atoms with Gasteiger partial charge in [-0.2, -0.15) is 0 Å². The molecule has 138 valence electrons. The molecule has 1 atom stereocenters. The van der Waals surface area contributed by atoms with Crippen molar-refractivity contribution < 1.29 is 18.7 Å². The minimum absolute atomic E-state index is 0.0637. The monoisotopic (exact) mass is 351 g/mol. The number of hydrogen-bond donors (Lipinski definition) is 2. The number of hydrogen-bond acceptors (Lipinski definition) is 5. The van der Waals surface area contributed by atoms with Gasteiger partial charge in [0.05, 0.1) is 18.8 Å². The molecule has 1 aromatic heterocycles. The van der Waals surface area contributed by atoms with Crippen molar-refractivity contribution in [1.82, 2.24) is 15.6 Å². The van der Waals surface area contributed by atoms with E-state index in [0.717, 1.165) is 45.4 Å². The summed E-state index contributed by atoms with van der Waals surface area (Å²) in [5.41, 5.74) is 0.985. The first-order valence-electron chi connectivity index (χ1n) is 8.98. The van der Waals surface area contributed by atoms with Crippen molar-refractivity contribution >= 4 is 5.91 Å². The molecule has 0 unspecified atom stereocenters. The van der Waals surface area contributed by atoms with Gasteiger partial charge in [-0.05, 0) is 50.6 Å². The highest BCUT2D eigenvalue weighted by atomic mass is 19.1. The predicted molar refractivity (Wildman–Crippen MR) is 90.9 cm³/mol. The molecule has 3 heterocycles. The number of nitrogens with one attached hydrogen (secondary N) is 2. The normalized spacial score (nSPS) is 21.3. The maximum absolute atomic E-state index is 14.5. The number of methoxy groups -OCH3 is 1. The first-order valence-corrected chi connectivity index (χ1v) is 8.98. The fourth-order valence-electron chi connectivity index (χ4n) is 3.43. The molecule has 0 saturated carbocycles. The SMILES string of the molecule is COc1nc(CC2CCOCC2)c(F)cc1CNC(=O)[C@@H]1CCCN1. The Bertz CT molecular complexity index is 599. The van der Waals surface area contributed by atoms with Crippen LogP contribution in [0.3, 0.4) is 0 Å². The summed E-state index contributed by atoms with van der Waals surface area (Å²) in [6, 6.07) is 1.28. The lowest BCUT2D eigenvalue weighted by Crippen LogP contribution is -2.40. The van der Waals surface area contributed by atoms with Gasteiger partial charge in [-0.25, -0.2) is 9.37 Å². The fraction of sp³-hybridized carbons (Fsp3) is 0.667. The molecule has 2 N–H and O–H groups in total. The zero-order valence-corrected chi connectivity index (χ0v) is 14.6. The van der Waals surface area contributed by atoms with E-state index in [2.05, 4.69) is 15.6 Å². The summed E-state index contributed by atoms with van der Waals surface area (Å²) in [6.07, 6.45) is 4.27. The molecule has 2 fully saturated rings. The number of nitrogens with zero attached hydrogens (tertiary/aromatic N) is 1. The number of amides is 1. The van der Waals surface area contributed by atoms with Crippen LogP contribution >= 0.6 is 0 Å². The van der Waals surface area contributed by atoms with Crippen molar-refractivity contribution in [3.05, 3.63) is 23.1 Å². The molecule has 7 heteroatoms. The number of ether oxygens (including phenoxy) is 2. The van der Waals surface area contributed by atoms with Crippen molar-refractivity contribution in [2.75, 3.05) is 26.9 Å². The van der Waals surface area contributed by atoms with Crippen LogP contribution in [-0.4, -0.2) is 43.8 Å². The molecule has 0 aliphatic carbocycles. The Morgan fingerprint density at radius 3 is 2.92 bits per heavy atom. The molecule has 1 amide bonds. The molecule has 2 aliphatic heterocycles. The van der Waals surface area contributed by atoms with Gasteiger partial charge in [-0.1, -0.05) is 0 Å². The van der Waals surface area contributed by atoms with E-state index in [-0.39, 0.29) is 24.3 Å². The van der Waals surface area contributed by atoms with E-state index in [4.69, 9.17) is 9.47 Å². The molecule has 6 nitrogen and oxygen atoms in total. The first-order chi connectivity index (χ1) is 12.2. The van der Waals surface area contributed by atoms with Crippen molar-refractivity contribution in [3.8, 4) is 5.88 Å². The molecule has 25 heavy (non-hydrogen) atoms. The Morgan fingerprint density at radius 1 is 1.44 bits per heavy atom. The largest absolute Gasteiger partial charge is 0.481 e. The van der Waals surface area contributed by atoms with Gasteiger partial charge in [0.2, 0.25) is 11.8 Å². The molecular formula is C18H26FN3O3. The lowest BCUT2D eigenvalue weighted by molar-refractivity contribution is -0.122. The third-order valence-electron chi connectivity index (χ3n) is 4.93. The van der Waals surface area contributed by atoms with E-state index in [1.807, 2.05) is 0 Å². The number of rotatable bonds is 6. The topological polar surface area (TPSA) is 72.5 Å². The average Bonchev–Trinajstić information content (AvgIpc) is 3.17. The minimum atomic E-state index is -0.337. The molecule has 0 radical (unpaired) electrons. The number of aromatic nitrogens is 1. The Hall–Kier alpha value is -1.73. The maximum atomic E-state index is 14.5. The van der Waals surface area contributed by atoms with Gasteiger partial charge in [-0.3, -0.25) is 4.79 Å². The van der Waals surface area contributed by atoms with Gasteiger partial charge in [0, 0.05) is 25.3 Å². The first kappa shape index (κ1) is 18.1. The summed E-state index contributed by atoms with van der Waals surface area (Å²) in [5, 5.41) is 5.98. The van der Waals surface area contributed by atoms with Crippen LogP contribution in [0.5, 0.6) is 5.88 Å². The van der Waals surface area contributed by atoms with E-state index >= 15 is 0 Å². The Kier molecular flexibility index (Phi) is 6.20. The lowest BCUT2D eigenvalue weighted by Gasteiger charge is -2.22. The second-order valence-corrected chi connectivity index (χ2v) is 6.71. The van der Waals surface area contributed by atoms with Gasteiger partial charge >= 0.3 is 0 Å². The van der Waals surface area contributed by atoms with Crippen LogP contribution in [0.2, 0.25) is 0 Å². The predicted octanol–water partition coefficient (Wildman–Crippen LogP) is 1.57. The molecule has 2 saturated heterocycles. The Balaban J connectivity index is 1.64. The average molecular weight is 351 g/mol. The van der Waals surface area contributed by atoms with Crippen LogP contribution in [0, 0.1) is 11.7 Å². The van der Waals surface area contributed by atoms with Crippen LogP contribution in [0.1, 0.15) is 36.9 Å². The van der Waals surface area contributed by atoms with Gasteiger partial charge in [-0.15, -0.1) is 0 Å². The quantitative estimate of drug-likeness (QED) is 0.814. The Morgan fingerprint density at radius 2 is 2.24 bits per heavy atom. The standard InChI is InChI=1S/C18H26FN3O3/c1-24-18-13(11-21-17(23)15-3-2-6-20-15)10-14(19)16(22-18)9-12-4-7-25-8-5-12/h10,12,15,20H,2-9,11H2,1H3,(H,21,23)/t15-/m0/s1. The highest BCUT2D eigenvalue weighted by Crippen LogP contribution is 2.24. The number of carbonyl (C=O) groups excluding carboxylic acids is 1. The third-order valence-corrected chi connectivity index (χ3v) is 4.93. The van der Waals surface area contributed by atoms with Gasteiger partial charge in [0.15, 0.2) is 0 Å². The summed E-state index contributed by atoms with van der Waals surface area (Å²) in [7, 11) is 1.52. The molecule has 3 rings (SSSR count). The summed E-state index contributed by atoms with van der Waals surface area (Å²) in [6.45, 7) is 2.52. The second-order valence-electron chi connectivity index (χ2n) is 6.71. The summed E-state index contributed by atoms with van der Waals surface area (Å²) in [5.74, 6) is 0.365. The van der Waals surface area contributed by atoms with E-state index in [0.29, 0.717) is 29.5 Å². The van der Waals surface area contributed by atoms with Gasteiger partial charge in [0.25, 0.3) is 0 Å². The number of carbonyl (C=O) groups is 1. The molecule has 0 bridgehead atoms. The van der Waals surface area contributed by atoms with E-state index < -0.39 is 0 Å². The Labute approximate surface area is 147 Å². The van der Waals surface area contributed by atoms with Crippen LogP contribution < -0.4 is 15.4 Å². The lowest BCUT2D eigenvalue weighted by atomic mass is 9.94. The summed E-state index contributed by atoms with van der Waals surface area (Å²) < 4.78 is 25.1. The molecule has 2 aliphatic rings. The van der Waals surface area contributed by atoms with Crippen molar-refractivity contribution in [3.63, 3.8) is 0 Å². The zero-order chi connectivity index (χ0) is 17.6. The third kappa shape index (κ3) is 4.67. The van der Waals surface area contributed by atoms with Crippen LogP contribution in [0.4, 0.5) is 4.39 Å². The van der Waals surface area contributed by atoms with E-state index in [1.54, 1.807) is 0 Å². The zero-order valence-electron chi connectivity index (χ0n) is 14.6. The molecule has 0 aromatic carbocycles. The summed E-state index contributed by atoms with van der Waals surface area (Å²) >= 11 is 0. The highest BCUT2D eigenvalue weighted by molar-refractivity contribution is 5.82. The molecular weight excluding hydrogens is 325 g/mol. The maximum Gasteiger partial charge on any atom is 0.237 e. The van der Waals surface area contributed by atoms with Crippen LogP contribution in [0.15, 0.2) is 6.07 Å². The van der Waals surface area contributed by atoms with Crippen molar-refractivity contribution in [1.29, 1.82) is 0 Å². The number of pyridine rings is 1. The smallest absolute Gasteiger partial charge is 0.237 e. The fourth-order valence-corrected chi connectivity index (χ4v) is 3.43. The van der Waals surface area contributed by atoms with E-state index in [9.17, 15) is 9.18 Å². The van der Waals surface area contributed by atoms with Gasteiger partial charge < -0.3 is 20.1 Å². The van der Waals surface area contributed by atoms with E-state index in [1.165, 1.54) is 13.2 Å². The number of halogens is 1. The summed E-state index contributed by atoms with van der Waals surface area (Å²) in [4.78, 5) is 16.4. The van der Waals surface area contributed by atoms with Crippen LogP contribution in [0.25, 0.3) is 0 Å². The second kappa shape index (κ2) is 8.58. The molecule has 1 aromatic rings. The highest BCUT2D eigenvalue weighted by Gasteiger charge is 2.23. The van der Waals surface area contributed by atoms with Crippen molar-refractivity contribution in [2.45, 2.75) is 44.7 Å². The van der Waals surface area contributed by atoms with Gasteiger partial charge in [0.1, 0.15) is 5.82 Å².